The van der Waals surface area contributed by atoms with Crippen molar-refractivity contribution in [2.45, 2.75) is 32.3 Å². The van der Waals surface area contributed by atoms with Gasteiger partial charge in [0.1, 0.15) is 6.10 Å². The number of hydrogen-bond donors (Lipinski definition) is 0. The van der Waals surface area contributed by atoms with Gasteiger partial charge in [-0.2, -0.15) is 0 Å². The van der Waals surface area contributed by atoms with Crippen LogP contribution in [0, 0.1) is 0 Å². The van der Waals surface area contributed by atoms with E-state index in [0.717, 1.165) is 24.1 Å². The SMILES string of the molecule is CC(CN1CCCCC1)OC(=O)c1ccccc1Br. The molecule has 0 spiro atoms. The molecule has 1 aromatic carbocycles. The molecular weight excluding hydrogens is 306 g/mol. The fourth-order valence-corrected chi connectivity index (χ4v) is 2.86. The molecule has 104 valence electrons. The average Bonchev–Trinajstić information content (AvgIpc) is 2.40. The van der Waals surface area contributed by atoms with Crippen molar-refractivity contribution in [1.82, 2.24) is 4.90 Å². The van der Waals surface area contributed by atoms with Gasteiger partial charge >= 0.3 is 5.97 Å². The first-order valence-electron chi connectivity index (χ1n) is 6.84. The molecule has 1 aliphatic heterocycles. The third kappa shape index (κ3) is 4.32. The van der Waals surface area contributed by atoms with Gasteiger partial charge in [0.25, 0.3) is 0 Å². The monoisotopic (exact) mass is 325 g/mol. The lowest BCUT2D eigenvalue weighted by atomic mass is 10.1. The Balaban J connectivity index is 1.86. The molecule has 1 fully saturated rings. The molecule has 1 aromatic rings. The van der Waals surface area contributed by atoms with Gasteiger partial charge in [0.2, 0.25) is 0 Å². The van der Waals surface area contributed by atoms with Crippen molar-refractivity contribution in [3.05, 3.63) is 34.3 Å². The second-order valence-electron chi connectivity index (χ2n) is 5.06. The Morgan fingerprint density at radius 3 is 2.68 bits per heavy atom. The molecule has 0 aromatic heterocycles. The van der Waals surface area contributed by atoms with Crippen LogP contribution in [-0.2, 0) is 4.74 Å². The van der Waals surface area contributed by atoms with Crippen LogP contribution in [0.5, 0.6) is 0 Å². The Labute approximate surface area is 123 Å². The third-order valence-electron chi connectivity index (χ3n) is 3.37. The lowest BCUT2D eigenvalue weighted by Crippen LogP contribution is -2.37. The summed E-state index contributed by atoms with van der Waals surface area (Å²) in [4.78, 5) is 14.4. The van der Waals surface area contributed by atoms with E-state index in [-0.39, 0.29) is 12.1 Å². The molecule has 19 heavy (non-hydrogen) atoms. The highest BCUT2D eigenvalue weighted by molar-refractivity contribution is 9.10. The quantitative estimate of drug-likeness (QED) is 0.794. The van der Waals surface area contributed by atoms with Crippen molar-refractivity contribution in [1.29, 1.82) is 0 Å². The molecule has 1 atom stereocenters. The topological polar surface area (TPSA) is 29.5 Å². The molecule has 1 unspecified atom stereocenters. The zero-order chi connectivity index (χ0) is 13.7. The van der Waals surface area contributed by atoms with Crippen LogP contribution < -0.4 is 0 Å². The second-order valence-corrected chi connectivity index (χ2v) is 5.91. The summed E-state index contributed by atoms with van der Waals surface area (Å²) in [6.07, 6.45) is 3.76. The maximum Gasteiger partial charge on any atom is 0.339 e. The zero-order valence-corrected chi connectivity index (χ0v) is 12.9. The molecule has 0 radical (unpaired) electrons. The first kappa shape index (κ1) is 14.5. The lowest BCUT2D eigenvalue weighted by molar-refractivity contribution is 0.0235. The highest BCUT2D eigenvalue weighted by Gasteiger charge is 2.18. The number of benzene rings is 1. The van der Waals surface area contributed by atoms with E-state index in [1.807, 2.05) is 25.1 Å². The molecule has 0 aliphatic carbocycles. The van der Waals surface area contributed by atoms with Crippen LogP contribution in [0.2, 0.25) is 0 Å². The molecule has 1 aliphatic rings. The third-order valence-corrected chi connectivity index (χ3v) is 4.06. The van der Waals surface area contributed by atoms with Gasteiger partial charge in [-0.3, -0.25) is 4.90 Å². The van der Waals surface area contributed by atoms with Crippen molar-refractivity contribution >= 4 is 21.9 Å². The van der Waals surface area contributed by atoms with E-state index >= 15 is 0 Å². The highest BCUT2D eigenvalue weighted by atomic mass is 79.9. The molecule has 2 rings (SSSR count). The van der Waals surface area contributed by atoms with E-state index in [4.69, 9.17) is 4.74 Å². The zero-order valence-electron chi connectivity index (χ0n) is 11.3. The van der Waals surface area contributed by atoms with Crippen LogP contribution in [0.3, 0.4) is 0 Å². The lowest BCUT2D eigenvalue weighted by Gasteiger charge is -2.28. The number of carbonyl (C=O) groups excluding carboxylic acids is 1. The summed E-state index contributed by atoms with van der Waals surface area (Å²) in [7, 11) is 0. The Morgan fingerprint density at radius 1 is 1.32 bits per heavy atom. The number of hydrogen-bond acceptors (Lipinski definition) is 3. The number of halogens is 1. The van der Waals surface area contributed by atoms with E-state index in [1.165, 1.54) is 19.3 Å². The van der Waals surface area contributed by atoms with E-state index in [9.17, 15) is 4.79 Å². The molecule has 4 heteroatoms. The summed E-state index contributed by atoms with van der Waals surface area (Å²) in [5.41, 5.74) is 0.591. The number of esters is 1. The summed E-state index contributed by atoms with van der Waals surface area (Å²) in [5.74, 6) is -0.253. The van der Waals surface area contributed by atoms with Crippen molar-refractivity contribution in [2.75, 3.05) is 19.6 Å². The van der Waals surface area contributed by atoms with E-state index < -0.39 is 0 Å². The van der Waals surface area contributed by atoms with Gasteiger partial charge in [-0.1, -0.05) is 18.6 Å². The minimum Gasteiger partial charge on any atom is -0.458 e. The van der Waals surface area contributed by atoms with Gasteiger partial charge in [-0.25, -0.2) is 4.79 Å². The van der Waals surface area contributed by atoms with Crippen LogP contribution in [0.25, 0.3) is 0 Å². The van der Waals surface area contributed by atoms with Gasteiger partial charge in [0, 0.05) is 11.0 Å². The first-order valence-corrected chi connectivity index (χ1v) is 7.64. The summed E-state index contributed by atoms with van der Waals surface area (Å²) in [6.45, 7) is 5.04. The fraction of sp³-hybridized carbons (Fsp3) is 0.533. The number of likely N-dealkylation sites (tertiary alicyclic amines) is 1. The molecule has 0 amide bonds. The first-order chi connectivity index (χ1) is 9.16. The van der Waals surface area contributed by atoms with Crippen molar-refractivity contribution in [3.63, 3.8) is 0 Å². The Bertz CT molecular complexity index is 430. The Morgan fingerprint density at radius 2 is 2.00 bits per heavy atom. The van der Waals surface area contributed by atoms with Gasteiger partial charge in [0.05, 0.1) is 5.56 Å². The molecule has 1 saturated heterocycles. The van der Waals surface area contributed by atoms with Gasteiger partial charge in [-0.05, 0) is 60.9 Å². The van der Waals surface area contributed by atoms with Crippen LogP contribution in [-0.4, -0.2) is 36.6 Å². The maximum absolute atomic E-state index is 12.0. The van der Waals surface area contributed by atoms with Crippen molar-refractivity contribution in [3.8, 4) is 0 Å². The second kappa shape index (κ2) is 7.06. The molecular formula is C15H20BrNO2. The van der Waals surface area contributed by atoms with Crippen LogP contribution in [0.4, 0.5) is 0 Å². The highest BCUT2D eigenvalue weighted by Crippen LogP contribution is 2.18. The fourth-order valence-electron chi connectivity index (χ4n) is 2.42. The van der Waals surface area contributed by atoms with E-state index in [0.29, 0.717) is 5.56 Å². The Hall–Kier alpha value is -0.870. The summed E-state index contributed by atoms with van der Waals surface area (Å²) in [6, 6.07) is 7.36. The van der Waals surface area contributed by atoms with Crippen LogP contribution in [0.15, 0.2) is 28.7 Å². The standard InChI is InChI=1S/C15H20BrNO2/c1-12(11-17-9-5-2-6-10-17)19-15(18)13-7-3-4-8-14(13)16/h3-4,7-8,12H,2,5-6,9-11H2,1H3. The summed E-state index contributed by atoms with van der Waals surface area (Å²) in [5, 5.41) is 0. The largest absolute Gasteiger partial charge is 0.458 e. The van der Waals surface area contributed by atoms with E-state index in [1.54, 1.807) is 6.07 Å². The molecule has 1 heterocycles. The van der Waals surface area contributed by atoms with Gasteiger partial charge in [0.15, 0.2) is 0 Å². The van der Waals surface area contributed by atoms with Gasteiger partial charge < -0.3 is 4.74 Å². The average molecular weight is 326 g/mol. The maximum atomic E-state index is 12.0. The molecule has 3 nitrogen and oxygen atoms in total. The van der Waals surface area contributed by atoms with Crippen LogP contribution in [0.1, 0.15) is 36.5 Å². The minimum absolute atomic E-state index is 0.0716. The van der Waals surface area contributed by atoms with Crippen molar-refractivity contribution < 1.29 is 9.53 Å². The normalized spacial score (nSPS) is 18.0. The number of nitrogens with zero attached hydrogens (tertiary/aromatic N) is 1. The van der Waals surface area contributed by atoms with Gasteiger partial charge in [-0.15, -0.1) is 0 Å². The Kier molecular flexibility index (Phi) is 5.40. The predicted molar refractivity (Wildman–Crippen MR) is 79.3 cm³/mol. The predicted octanol–water partition coefficient (Wildman–Crippen LogP) is 3.48. The van der Waals surface area contributed by atoms with E-state index in [2.05, 4.69) is 20.8 Å². The number of carbonyl (C=O) groups is 1. The van der Waals surface area contributed by atoms with Crippen molar-refractivity contribution in [2.24, 2.45) is 0 Å². The van der Waals surface area contributed by atoms with Crippen LogP contribution >= 0.6 is 15.9 Å². The number of piperidine rings is 1. The number of ether oxygens (including phenoxy) is 1. The molecule has 0 bridgehead atoms. The minimum atomic E-state index is -0.253. The summed E-state index contributed by atoms with van der Waals surface area (Å²) >= 11 is 3.37. The smallest absolute Gasteiger partial charge is 0.339 e. The molecule has 0 saturated carbocycles. The number of rotatable bonds is 4. The summed E-state index contributed by atoms with van der Waals surface area (Å²) < 4.78 is 6.29. The molecule has 0 N–H and O–H groups in total.